The van der Waals surface area contributed by atoms with E-state index in [4.69, 9.17) is 4.74 Å². The van der Waals surface area contributed by atoms with E-state index in [1.807, 2.05) is 42.5 Å². The molecule has 0 aliphatic rings. The van der Waals surface area contributed by atoms with E-state index in [0.29, 0.717) is 28.0 Å². The molecule has 0 aliphatic carbocycles. The molecule has 6 nitrogen and oxygen atoms in total. The maximum atomic E-state index is 14.2. The van der Waals surface area contributed by atoms with Gasteiger partial charge in [-0.1, -0.05) is 42.5 Å². The number of nitrogens with zero attached hydrogens (tertiary/aromatic N) is 1. The smallest absolute Gasteiger partial charge is 0.322 e. The predicted molar refractivity (Wildman–Crippen MR) is 141 cm³/mol. The van der Waals surface area contributed by atoms with E-state index < -0.39 is 22.0 Å². The second-order valence-electron chi connectivity index (χ2n) is 8.20. The van der Waals surface area contributed by atoms with Crippen molar-refractivity contribution in [1.29, 1.82) is 0 Å². The number of aryl methyl sites for hydroxylation is 1. The lowest BCUT2D eigenvalue weighted by Crippen LogP contribution is -2.46. The highest BCUT2D eigenvalue weighted by Crippen LogP contribution is 2.34. The molecule has 0 aromatic heterocycles. The van der Waals surface area contributed by atoms with Gasteiger partial charge < -0.3 is 9.84 Å². The van der Waals surface area contributed by atoms with E-state index in [9.17, 15) is 18.3 Å². The van der Waals surface area contributed by atoms with Crippen LogP contribution in [0.15, 0.2) is 65.6 Å². The summed E-state index contributed by atoms with van der Waals surface area (Å²) in [5.41, 5.74) is 3.22. The van der Waals surface area contributed by atoms with Gasteiger partial charge in [-0.2, -0.15) is 4.31 Å². The lowest BCUT2D eigenvalue weighted by atomic mass is 10.1. The van der Waals surface area contributed by atoms with Crippen molar-refractivity contribution >= 4 is 38.6 Å². The number of carboxylic acids is 1. The summed E-state index contributed by atoms with van der Waals surface area (Å²) in [7, 11) is -2.65. The highest BCUT2D eigenvalue weighted by atomic mass is 127. The Kier molecular flexibility index (Phi) is 8.38. The molecule has 8 heteroatoms. The minimum atomic E-state index is -4.19. The summed E-state index contributed by atoms with van der Waals surface area (Å²) in [6, 6.07) is 16.9. The number of carboxylic acid groups (broad SMARTS) is 1. The van der Waals surface area contributed by atoms with Gasteiger partial charge in [-0.3, -0.25) is 4.79 Å². The average molecular weight is 593 g/mol. The Balaban J connectivity index is 2.18. The summed E-state index contributed by atoms with van der Waals surface area (Å²) in [4.78, 5) is 12.6. The molecule has 0 heterocycles. The van der Waals surface area contributed by atoms with Gasteiger partial charge in [-0.05, 0) is 95.8 Å². The average Bonchev–Trinajstić information content (AvgIpc) is 2.80. The van der Waals surface area contributed by atoms with Gasteiger partial charge in [-0.15, -0.1) is 0 Å². The SMILES string of the molecule is COc1cc(C)c(S(=O)(=O)N(Cc2ccc(I)cc2)C(Cc2ccccc2)C(=O)O)c(C)c1C. The first-order valence-electron chi connectivity index (χ1n) is 10.7. The van der Waals surface area contributed by atoms with Gasteiger partial charge in [0, 0.05) is 10.1 Å². The standard InChI is InChI=1S/C26H28INO5S/c1-17-14-24(33-4)18(2)19(3)25(17)34(31,32)28(16-21-10-12-22(27)13-11-21)23(26(29)30)15-20-8-6-5-7-9-20/h5-14,23H,15-16H2,1-4H3,(H,29,30). The molecule has 0 saturated heterocycles. The van der Waals surface area contributed by atoms with Crippen molar-refractivity contribution in [3.8, 4) is 5.75 Å². The molecule has 1 N–H and O–H groups in total. The monoisotopic (exact) mass is 593 g/mol. The van der Waals surface area contributed by atoms with Crippen LogP contribution < -0.4 is 4.74 Å². The molecule has 0 saturated carbocycles. The first kappa shape index (κ1) is 26.2. The summed E-state index contributed by atoms with van der Waals surface area (Å²) >= 11 is 2.18. The van der Waals surface area contributed by atoms with Gasteiger partial charge in [0.15, 0.2) is 0 Å². The number of sulfonamides is 1. The molecule has 0 amide bonds. The quantitative estimate of drug-likeness (QED) is 0.349. The number of hydrogen-bond acceptors (Lipinski definition) is 4. The zero-order chi connectivity index (χ0) is 25.0. The fraction of sp³-hybridized carbons (Fsp3) is 0.269. The molecule has 180 valence electrons. The molecule has 3 rings (SSSR count). The third-order valence-electron chi connectivity index (χ3n) is 5.92. The minimum absolute atomic E-state index is 0.0486. The van der Waals surface area contributed by atoms with Crippen LogP contribution in [0.25, 0.3) is 0 Å². The van der Waals surface area contributed by atoms with Crippen LogP contribution in [0.4, 0.5) is 0 Å². The molecule has 34 heavy (non-hydrogen) atoms. The van der Waals surface area contributed by atoms with Gasteiger partial charge in [0.2, 0.25) is 10.0 Å². The number of hydrogen-bond donors (Lipinski definition) is 1. The van der Waals surface area contributed by atoms with Crippen molar-refractivity contribution in [3.63, 3.8) is 0 Å². The number of benzene rings is 3. The number of carbonyl (C=O) groups is 1. The molecular weight excluding hydrogens is 565 g/mol. The van der Waals surface area contributed by atoms with Crippen LogP contribution in [0, 0.1) is 24.3 Å². The van der Waals surface area contributed by atoms with Crippen LogP contribution in [0.5, 0.6) is 5.75 Å². The summed E-state index contributed by atoms with van der Waals surface area (Å²) < 4.78 is 35.8. The second kappa shape index (κ2) is 10.9. The fourth-order valence-corrected chi connectivity index (χ4v) is 6.45. The van der Waals surface area contributed by atoms with Crippen LogP contribution in [0.3, 0.4) is 0 Å². The lowest BCUT2D eigenvalue weighted by molar-refractivity contribution is -0.141. The Hall–Kier alpha value is -2.43. The first-order valence-corrected chi connectivity index (χ1v) is 13.3. The molecule has 0 radical (unpaired) electrons. The first-order chi connectivity index (χ1) is 16.1. The zero-order valence-electron chi connectivity index (χ0n) is 19.6. The highest BCUT2D eigenvalue weighted by molar-refractivity contribution is 14.1. The molecule has 0 fully saturated rings. The summed E-state index contributed by atoms with van der Waals surface area (Å²) in [6.07, 6.45) is 0.0486. The number of methoxy groups -OCH3 is 1. The van der Waals surface area contributed by atoms with Crippen LogP contribution in [-0.2, 0) is 27.8 Å². The number of aliphatic carboxylic acids is 1. The zero-order valence-corrected chi connectivity index (χ0v) is 22.6. The van der Waals surface area contributed by atoms with Crippen molar-refractivity contribution < 1.29 is 23.1 Å². The summed E-state index contributed by atoms with van der Waals surface area (Å²) in [5.74, 6) is -0.601. The molecule has 1 atom stereocenters. The Labute approximate surface area is 214 Å². The van der Waals surface area contributed by atoms with Gasteiger partial charge in [0.05, 0.1) is 12.0 Å². The molecule has 1 unspecified atom stereocenters. The van der Waals surface area contributed by atoms with Crippen molar-refractivity contribution in [3.05, 3.63) is 92.1 Å². The van der Waals surface area contributed by atoms with Crippen molar-refractivity contribution in [2.45, 2.75) is 44.7 Å². The molecule has 3 aromatic carbocycles. The molecule has 3 aromatic rings. The second-order valence-corrected chi connectivity index (χ2v) is 11.3. The lowest BCUT2D eigenvalue weighted by Gasteiger charge is -2.30. The maximum Gasteiger partial charge on any atom is 0.322 e. The largest absolute Gasteiger partial charge is 0.496 e. The van der Waals surface area contributed by atoms with E-state index in [1.165, 1.54) is 0 Å². The van der Waals surface area contributed by atoms with Gasteiger partial charge in [0.1, 0.15) is 11.8 Å². The third kappa shape index (κ3) is 5.61. The number of ether oxygens (including phenoxy) is 1. The molecule has 0 spiro atoms. The van der Waals surface area contributed by atoms with Gasteiger partial charge in [-0.25, -0.2) is 8.42 Å². The van der Waals surface area contributed by atoms with Gasteiger partial charge >= 0.3 is 5.97 Å². The van der Waals surface area contributed by atoms with E-state index in [-0.39, 0.29) is 17.9 Å². The van der Waals surface area contributed by atoms with Crippen molar-refractivity contribution in [2.24, 2.45) is 0 Å². The summed E-state index contributed by atoms with van der Waals surface area (Å²) in [5, 5.41) is 10.2. The summed E-state index contributed by atoms with van der Waals surface area (Å²) in [6.45, 7) is 5.17. The van der Waals surface area contributed by atoms with Crippen LogP contribution in [0.2, 0.25) is 0 Å². The maximum absolute atomic E-state index is 14.2. The van der Waals surface area contributed by atoms with Crippen LogP contribution >= 0.6 is 22.6 Å². The van der Waals surface area contributed by atoms with Crippen molar-refractivity contribution in [2.75, 3.05) is 7.11 Å². The van der Waals surface area contributed by atoms with E-state index in [1.54, 1.807) is 46.1 Å². The Morgan fingerprint density at radius 2 is 1.62 bits per heavy atom. The minimum Gasteiger partial charge on any atom is -0.496 e. The molecule has 0 aliphatic heterocycles. The van der Waals surface area contributed by atoms with Gasteiger partial charge in [0.25, 0.3) is 0 Å². The normalized spacial score (nSPS) is 12.5. The Morgan fingerprint density at radius 1 is 1.00 bits per heavy atom. The Bertz CT molecular complexity index is 1270. The molecule has 0 bridgehead atoms. The number of rotatable bonds is 9. The van der Waals surface area contributed by atoms with Crippen LogP contribution in [-0.4, -0.2) is 37.0 Å². The third-order valence-corrected chi connectivity index (χ3v) is 8.79. The Morgan fingerprint density at radius 3 is 2.18 bits per heavy atom. The van der Waals surface area contributed by atoms with E-state index in [0.717, 1.165) is 13.4 Å². The van der Waals surface area contributed by atoms with E-state index >= 15 is 0 Å². The topological polar surface area (TPSA) is 83.9 Å². The number of halogens is 1. The van der Waals surface area contributed by atoms with Crippen molar-refractivity contribution in [1.82, 2.24) is 4.31 Å². The predicted octanol–water partition coefficient (Wildman–Crippen LogP) is 5.11. The fourth-order valence-electron chi connectivity index (χ4n) is 4.03. The van der Waals surface area contributed by atoms with E-state index in [2.05, 4.69) is 22.6 Å². The van der Waals surface area contributed by atoms with Crippen LogP contribution in [0.1, 0.15) is 27.8 Å². The molecular formula is C26H28INO5S. The highest BCUT2D eigenvalue weighted by Gasteiger charge is 2.38.